The number of carboxylic acids is 1. The first-order valence-electron chi connectivity index (χ1n) is 6.73. The lowest BCUT2D eigenvalue weighted by atomic mass is 9.87. The van der Waals surface area contributed by atoms with E-state index in [0.717, 1.165) is 38.5 Å². The van der Waals surface area contributed by atoms with Gasteiger partial charge in [-0.05, 0) is 32.1 Å². The fourth-order valence-corrected chi connectivity index (χ4v) is 3.04. The van der Waals surface area contributed by atoms with E-state index in [-0.39, 0.29) is 11.8 Å². The summed E-state index contributed by atoms with van der Waals surface area (Å²) in [5, 5.41) is 9.16. The summed E-state index contributed by atoms with van der Waals surface area (Å²) in [4.78, 5) is 25.1. The molecule has 1 heterocycles. The normalized spacial score (nSPS) is 26.8. The Balaban J connectivity index is 2.02. The number of amides is 1. The highest BCUT2D eigenvalue weighted by molar-refractivity contribution is 5.85. The van der Waals surface area contributed by atoms with E-state index in [9.17, 15) is 9.59 Å². The average Bonchev–Trinajstić information content (AvgIpc) is 2.39. The van der Waals surface area contributed by atoms with Crippen LogP contribution >= 0.6 is 0 Å². The first kappa shape index (κ1) is 12.4. The number of nitrogens with zero attached hydrogens (tertiary/aromatic N) is 1. The third kappa shape index (κ3) is 2.79. The van der Waals surface area contributed by atoms with Crippen LogP contribution in [0.4, 0.5) is 0 Å². The zero-order chi connectivity index (χ0) is 12.3. The summed E-state index contributed by atoms with van der Waals surface area (Å²) in [5.74, 6) is -0.658. The first-order chi connectivity index (χ1) is 8.20. The molecule has 1 amide bonds. The number of carboxylic acid groups (broad SMARTS) is 1. The standard InChI is InChI=1S/C13H21NO3/c15-12(10-6-2-1-3-7-10)14-9-5-4-8-11(14)13(16)17/h10-11H,1-9H2,(H,16,17). The Morgan fingerprint density at radius 2 is 1.59 bits per heavy atom. The van der Waals surface area contributed by atoms with Gasteiger partial charge in [0.15, 0.2) is 0 Å². The van der Waals surface area contributed by atoms with Gasteiger partial charge in [-0.25, -0.2) is 4.79 Å². The molecule has 1 N–H and O–H groups in total. The van der Waals surface area contributed by atoms with E-state index in [1.54, 1.807) is 4.90 Å². The summed E-state index contributed by atoms with van der Waals surface area (Å²) in [6.45, 7) is 0.631. The topological polar surface area (TPSA) is 57.6 Å². The molecule has 96 valence electrons. The highest BCUT2D eigenvalue weighted by atomic mass is 16.4. The molecule has 0 radical (unpaired) electrons. The van der Waals surface area contributed by atoms with Gasteiger partial charge in [-0.2, -0.15) is 0 Å². The smallest absolute Gasteiger partial charge is 0.326 e. The number of piperidine rings is 1. The van der Waals surface area contributed by atoms with E-state index in [1.165, 1.54) is 6.42 Å². The molecule has 1 unspecified atom stereocenters. The van der Waals surface area contributed by atoms with E-state index in [1.807, 2.05) is 0 Å². The minimum Gasteiger partial charge on any atom is -0.480 e. The Kier molecular flexibility index (Phi) is 4.02. The number of hydrogen-bond donors (Lipinski definition) is 1. The number of rotatable bonds is 2. The van der Waals surface area contributed by atoms with Gasteiger partial charge in [0.05, 0.1) is 0 Å². The van der Waals surface area contributed by atoms with Crippen molar-refractivity contribution >= 4 is 11.9 Å². The minimum absolute atomic E-state index is 0.0868. The summed E-state index contributed by atoms with van der Waals surface area (Å²) in [7, 11) is 0. The molecule has 4 nitrogen and oxygen atoms in total. The Hall–Kier alpha value is -1.06. The molecule has 0 aromatic rings. The summed E-state index contributed by atoms with van der Waals surface area (Å²) < 4.78 is 0. The number of likely N-dealkylation sites (tertiary alicyclic amines) is 1. The molecule has 0 spiro atoms. The maximum atomic E-state index is 12.3. The molecular weight excluding hydrogens is 218 g/mol. The molecule has 1 aliphatic carbocycles. The molecule has 17 heavy (non-hydrogen) atoms. The van der Waals surface area contributed by atoms with E-state index in [4.69, 9.17) is 5.11 Å². The highest BCUT2D eigenvalue weighted by Gasteiger charge is 2.35. The summed E-state index contributed by atoms with van der Waals surface area (Å²) in [6, 6.07) is -0.571. The molecule has 0 bridgehead atoms. The Morgan fingerprint density at radius 3 is 2.24 bits per heavy atom. The highest BCUT2D eigenvalue weighted by Crippen LogP contribution is 2.28. The van der Waals surface area contributed by atoms with E-state index >= 15 is 0 Å². The van der Waals surface area contributed by atoms with Crippen molar-refractivity contribution in [1.29, 1.82) is 0 Å². The number of carbonyl (C=O) groups is 2. The molecule has 2 rings (SSSR count). The second-order valence-electron chi connectivity index (χ2n) is 5.22. The van der Waals surface area contributed by atoms with Crippen LogP contribution in [0.3, 0.4) is 0 Å². The molecule has 1 atom stereocenters. The van der Waals surface area contributed by atoms with Crippen molar-refractivity contribution < 1.29 is 14.7 Å². The molecular formula is C13H21NO3. The fraction of sp³-hybridized carbons (Fsp3) is 0.846. The zero-order valence-electron chi connectivity index (χ0n) is 10.2. The van der Waals surface area contributed by atoms with Gasteiger partial charge in [-0.3, -0.25) is 4.79 Å². The van der Waals surface area contributed by atoms with Crippen LogP contribution in [0.2, 0.25) is 0 Å². The largest absolute Gasteiger partial charge is 0.480 e. The number of aliphatic carboxylic acids is 1. The average molecular weight is 239 g/mol. The summed E-state index contributed by atoms with van der Waals surface area (Å²) in [6.07, 6.45) is 7.82. The van der Waals surface area contributed by atoms with Crippen LogP contribution in [0.1, 0.15) is 51.4 Å². The summed E-state index contributed by atoms with van der Waals surface area (Å²) in [5.41, 5.74) is 0. The SMILES string of the molecule is O=C(O)C1CCCCN1C(=O)C1CCCCC1. The molecule has 1 saturated carbocycles. The fourth-order valence-electron chi connectivity index (χ4n) is 3.04. The van der Waals surface area contributed by atoms with Gasteiger partial charge >= 0.3 is 5.97 Å². The number of hydrogen-bond acceptors (Lipinski definition) is 2. The number of carbonyl (C=O) groups excluding carboxylic acids is 1. The molecule has 0 aromatic heterocycles. The van der Waals surface area contributed by atoms with Gasteiger partial charge in [-0.15, -0.1) is 0 Å². The van der Waals surface area contributed by atoms with Crippen molar-refractivity contribution in [2.75, 3.05) is 6.54 Å². The minimum atomic E-state index is -0.839. The van der Waals surface area contributed by atoms with E-state index in [2.05, 4.69) is 0 Å². The maximum absolute atomic E-state index is 12.3. The predicted molar refractivity (Wildman–Crippen MR) is 63.6 cm³/mol. The van der Waals surface area contributed by atoms with Crippen LogP contribution in [0.5, 0.6) is 0 Å². The Labute approximate surface area is 102 Å². The lowest BCUT2D eigenvalue weighted by molar-refractivity contribution is -0.154. The molecule has 1 aliphatic heterocycles. The first-order valence-corrected chi connectivity index (χ1v) is 6.73. The van der Waals surface area contributed by atoms with Crippen LogP contribution in [-0.4, -0.2) is 34.5 Å². The lowest BCUT2D eigenvalue weighted by Crippen LogP contribution is -2.50. The van der Waals surface area contributed by atoms with Crippen LogP contribution in [0.25, 0.3) is 0 Å². The van der Waals surface area contributed by atoms with Crippen molar-refractivity contribution in [3.8, 4) is 0 Å². The van der Waals surface area contributed by atoms with Gasteiger partial charge < -0.3 is 10.0 Å². The quantitative estimate of drug-likeness (QED) is 0.802. The third-order valence-electron chi connectivity index (χ3n) is 4.03. The van der Waals surface area contributed by atoms with Crippen molar-refractivity contribution in [2.24, 2.45) is 5.92 Å². The molecule has 1 saturated heterocycles. The molecule has 4 heteroatoms. The van der Waals surface area contributed by atoms with Crippen molar-refractivity contribution in [1.82, 2.24) is 4.90 Å². The summed E-state index contributed by atoms with van der Waals surface area (Å²) >= 11 is 0. The molecule has 0 aromatic carbocycles. The van der Waals surface area contributed by atoms with E-state index in [0.29, 0.717) is 13.0 Å². The van der Waals surface area contributed by atoms with E-state index < -0.39 is 12.0 Å². The second-order valence-corrected chi connectivity index (χ2v) is 5.22. The third-order valence-corrected chi connectivity index (χ3v) is 4.03. The predicted octanol–water partition coefficient (Wildman–Crippen LogP) is 2.03. The van der Waals surface area contributed by atoms with Crippen molar-refractivity contribution in [2.45, 2.75) is 57.4 Å². The van der Waals surface area contributed by atoms with Crippen molar-refractivity contribution in [3.05, 3.63) is 0 Å². The molecule has 2 fully saturated rings. The maximum Gasteiger partial charge on any atom is 0.326 e. The van der Waals surface area contributed by atoms with Crippen LogP contribution < -0.4 is 0 Å². The van der Waals surface area contributed by atoms with Gasteiger partial charge in [0.1, 0.15) is 6.04 Å². The Bertz CT molecular complexity index is 297. The van der Waals surface area contributed by atoms with Crippen LogP contribution in [0.15, 0.2) is 0 Å². The monoisotopic (exact) mass is 239 g/mol. The van der Waals surface area contributed by atoms with Gasteiger partial charge in [-0.1, -0.05) is 19.3 Å². The zero-order valence-corrected chi connectivity index (χ0v) is 10.2. The van der Waals surface area contributed by atoms with Gasteiger partial charge in [0.25, 0.3) is 0 Å². The van der Waals surface area contributed by atoms with Gasteiger partial charge in [0, 0.05) is 12.5 Å². The second kappa shape index (κ2) is 5.52. The molecule has 2 aliphatic rings. The van der Waals surface area contributed by atoms with Crippen LogP contribution in [-0.2, 0) is 9.59 Å². The van der Waals surface area contributed by atoms with Gasteiger partial charge in [0.2, 0.25) is 5.91 Å². The Morgan fingerprint density at radius 1 is 0.941 bits per heavy atom. The van der Waals surface area contributed by atoms with Crippen molar-refractivity contribution in [3.63, 3.8) is 0 Å². The lowest BCUT2D eigenvalue weighted by Gasteiger charge is -2.36. The van der Waals surface area contributed by atoms with Crippen LogP contribution in [0, 0.1) is 5.92 Å².